The molecule has 1 heterocycles. The first-order valence-electron chi connectivity index (χ1n) is 8.16. The maximum atomic E-state index is 12.2. The summed E-state index contributed by atoms with van der Waals surface area (Å²) >= 11 is 0. The van der Waals surface area contributed by atoms with E-state index in [-0.39, 0.29) is 12.7 Å². The van der Waals surface area contributed by atoms with Crippen molar-refractivity contribution < 1.29 is 19.0 Å². The predicted molar refractivity (Wildman–Crippen MR) is 90.6 cm³/mol. The standard InChI is InChI=1S/C19H21NO4/c1-2-3-10-22-16-7-5-15(6-8-16)19(21)20-12-14-4-9-17-18(11-14)24-13-23-17/h4-9,11H,2-3,10,12-13H2,1H3,(H,20,21). The summed E-state index contributed by atoms with van der Waals surface area (Å²) in [4.78, 5) is 12.2. The number of benzene rings is 2. The number of unbranched alkanes of at least 4 members (excludes halogenated alkanes) is 1. The first-order chi connectivity index (χ1) is 11.8. The first-order valence-corrected chi connectivity index (χ1v) is 8.16. The highest BCUT2D eigenvalue weighted by Gasteiger charge is 2.13. The first kappa shape index (κ1) is 16.2. The zero-order valence-corrected chi connectivity index (χ0v) is 13.7. The van der Waals surface area contributed by atoms with Gasteiger partial charge < -0.3 is 19.5 Å². The van der Waals surface area contributed by atoms with Gasteiger partial charge in [0.25, 0.3) is 5.91 Å². The molecule has 24 heavy (non-hydrogen) atoms. The average Bonchev–Trinajstić information content (AvgIpc) is 3.08. The molecule has 5 heteroatoms. The Bertz CT molecular complexity index is 697. The maximum Gasteiger partial charge on any atom is 0.251 e. The lowest BCUT2D eigenvalue weighted by atomic mass is 10.1. The molecule has 0 aromatic heterocycles. The molecule has 3 rings (SSSR count). The smallest absolute Gasteiger partial charge is 0.251 e. The van der Waals surface area contributed by atoms with Crippen LogP contribution in [0.3, 0.4) is 0 Å². The van der Waals surface area contributed by atoms with Crippen molar-refractivity contribution in [3.8, 4) is 17.2 Å². The van der Waals surface area contributed by atoms with Crippen molar-refractivity contribution in [2.24, 2.45) is 0 Å². The zero-order chi connectivity index (χ0) is 16.8. The fraction of sp³-hybridized carbons (Fsp3) is 0.316. The van der Waals surface area contributed by atoms with Crippen molar-refractivity contribution >= 4 is 5.91 Å². The summed E-state index contributed by atoms with van der Waals surface area (Å²) in [7, 11) is 0. The van der Waals surface area contributed by atoms with Crippen molar-refractivity contribution in [2.75, 3.05) is 13.4 Å². The van der Waals surface area contributed by atoms with Gasteiger partial charge in [0.2, 0.25) is 6.79 Å². The molecular weight excluding hydrogens is 306 g/mol. The molecule has 0 unspecified atom stereocenters. The summed E-state index contributed by atoms with van der Waals surface area (Å²) in [6.07, 6.45) is 2.12. The zero-order valence-electron chi connectivity index (χ0n) is 13.7. The van der Waals surface area contributed by atoms with Crippen LogP contribution in [0.5, 0.6) is 17.2 Å². The number of carbonyl (C=O) groups excluding carboxylic acids is 1. The molecule has 0 spiro atoms. The Morgan fingerprint density at radius 1 is 1.12 bits per heavy atom. The minimum absolute atomic E-state index is 0.118. The van der Waals surface area contributed by atoms with Gasteiger partial charge in [-0.15, -0.1) is 0 Å². The highest BCUT2D eigenvalue weighted by atomic mass is 16.7. The second-order valence-electron chi connectivity index (χ2n) is 5.60. The molecular formula is C19H21NO4. The van der Waals surface area contributed by atoms with E-state index in [2.05, 4.69) is 12.2 Å². The number of hydrogen-bond donors (Lipinski definition) is 1. The number of nitrogens with one attached hydrogen (secondary N) is 1. The number of hydrogen-bond acceptors (Lipinski definition) is 4. The Kier molecular flexibility index (Phi) is 5.21. The van der Waals surface area contributed by atoms with Crippen LogP contribution in [0.25, 0.3) is 0 Å². The Morgan fingerprint density at radius 2 is 1.92 bits per heavy atom. The molecule has 0 saturated heterocycles. The summed E-state index contributed by atoms with van der Waals surface area (Å²) in [5.74, 6) is 2.13. The van der Waals surface area contributed by atoms with E-state index in [0.717, 1.165) is 35.7 Å². The third-order valence-corrected chi connectivity index (χ3v) is 3.77. The monoisotopic (exact) mass is 327 g/mol. The molecule has 1 aliphatic rings. The molecule has 0 saturated carbocycles. The number of amides is 1. The fourth-order valence-electron chi connectivity index (χ4n) is 2.37. The van der Waals surface area contributed by atoms with Gasteiger partial charge in [-0.25, -0.2) is 0 Å². The molecule has 5 nitrogen and oxygen atoms in total. The highest BCUT2D eigenvalue weighted by molar-refractivity contribution is 5.94. The summed E-state index contributed by atoms with van der Waals surface area (Å²) in [5, 5.41) is 2.90. The van der Waals surface area contributed by atoms with Crippen LogP contribution in [0, 0.1) is 0 Å². The lowest BCUT2D eigenvalue weighted by molar-refractivity contribution is 0.0951. The van der Waals surface area contributed by atoms with Gasteiger partial charge in [0, 0.05) is 12.1 Å². The van der Waals surface area contributed by atoms with Gasteiger partial charge in [-0.3, -0.25) is 4.79 Å². The van der Waals surface area contributed by atoms with Crippen molar-refractivity contribution in [1.82, 2.24) is 5.32 Å². The van der Waals surface area contributed by atoms with Crippen LogP contribution in [0.4, 0.5) is 0 Å². The summed E-state index contributed by atoms with van der Waals surface area (Å²) < 4.78 is 16.2. The third-order valence-electron chi connectivity index (χ3n) is 3.77. The van der Waals surface area contributed by atoms with Gasteiger partial charge in [-0.1, -0.05) is 19.4 Å². The number of fused-ring (bicyclic) bond motifs is 1. The van der Waals surface area contributed by atoms with E-state index in [0.29, 0.717) is 18.7 Å². The van der Waals surface area contributed by atoms with Gasteiger partial charge >= 0.3 is 0 Å². The van der Waals surface area contributed by atoms with Gasteiger partial charge in [0.15, 0.2) is 11.5 Å². The number of rotatable bonds is 7. The quantitative estimate of drug-likeness (QED) is 0.791. The molecule has 0 aliphatic carbocycles. The van der Waals surface area contributed by atoms with Gasteiger partial charge in [-0.2, -0.15) is 0 Å². The number of carbonyl (C=O) groups is 1. The maximum absolute atomic E-state index is 12.2. The highest BCUT2D eigenvalue weighted by Crippen LogP contribution is 2.32. The fourth-order valence-corrected chi connectivity index (χ4v) is 2.37. The third kappa shape index (κ3) is 3.98. The normalized spacial score (nSPS) is 12.0. The van der Waals surface area contributed by atoms with Gasteiger partial charge in [0.05, 0.1) is 6.61 Å². The van der Waals surface area contributed by atoms with Gasteiger partial charge in [0.1, 0.15) is 5.75 Å². The van der Waals surface area contributed by atoms with Crippen LogP contribution < -0.4 is 19.5 Å². The second kappa shape index (κ2) is 7.73. The van der Waals surface area contributed by atoms with E-state index in [4.69, 9.17) is 14.2 Å². The van der Waals surface area contributed by atoms with Crippen LogP contribution in [-0.4, -0.2) is 19.3 Å². The molecule has 1 amide bonds. The number of ether oxygens (including phenoxy) is 3. The molecule has 0 bridgehead atoms. The van der Waals surface area contributed by atoms with E-state index in [1.165, 1.54) is 0 Å². The molecule has 0 atom stereocenters. The van der Waals surface area contributed by atoms with Crippen LogP contribution in [0.15, 0.2) is 42.5 Å². The van der Waals surface area contributed by atoms with Crippen LogP contribution in [0.1, 0.15) is 35.7 Å². The molecule has 1 aliphatic heterocycles. The molecule has 0 fully saturated rings. The Balaban J connectivity index is 1.53. The SMILES string of the molecule is CCCCOc1ccc(C(=O)NCc2ccc3c(c2)OCO3)cc1. The molecule has 1 N–H and O–H groups in total. The summed E-state index contributed by atoms with van der Waals surface area (Å²) in [6, 6.07) is 12.8. The lowest BCUT2D eigenvalue weighted by Gasteiger charge is -2.08. The minimum atomic E-state index is -0.118. The van der Waals surface area contributed by atoms with Gasteiger partial charge in [-0.05, 0) is 48.4 Å². The van der Waals surface area contributed by atoms with Crippen LogP contribution >= 0.6 is 0 Å². The summed E-state index contributed by atoms with van der Waals surface area (Å²) in [5.41, 5.74) is 1.57. The largest absolute Gasteiger partial charge is 0.494 e. The topological polar surface area (TPSA) is 56.8 Å². The summed E-state index contributed by atoms with van der Waals surface area (Å²) in [6.45, 7) is 3.51. The Morgan fingerprint density at radius 3 is 2.71 bits per heavy atom. The van der Waals surface area contributed by atoms with E-state index in [9.17, 15) is 4.79 Å². The van der Waals surface area contributed by atoms with Crippen LogP contribution in [0.2, 0.25) is 0 Å². The van der Waals surface area contributed by atoms with Crippen molar-refractivity contribution in [1.29, 1.82) is 0 Å². The van der Waals surface area contributed by atoms with E-state index in [1.807, 2.05) is 30.3 Å². The minimum Gasteiger partial charge on any atom is -0.494 e. The van der Waals surface area contributed by atoms with Crippen molar-refractivity contribution in [2.45, 2.75) is 26.3 Å². The average molecular weight is 327 g/mol. The molecule has 0 radical (unpaired) electrons. The van der Waals surface area contributed by atoms with Crippen molar-refractivity contribution in [3.05, 3.63) is 53.6 Å². The van der Waals surface area contributed by atoms with E-state index >= 15 is 0 Å². The van der Waals surface area contributed by atoms with E-state index < -0.39 is 0 Å². The molecule has 126 valence electrons. The van der Waals surface area contributed by atoms with Crippen LogP contribution in [-0.2, 0) is 6.54 Å². The second-order valence-corrected chi connectivity index (χ2v) is 5.60. The lowest BCUT2D eigenvalue weighted by Crippen LogP contribution is -2.22. The van der Waals surface area contributed by atoms with Crippen molar-refractivity contribution in [3.63, 3.8) is 0 Å². The van der Waals surface area contributed by atoms with E-state index in [1.54, 1.807) is 12.1 Å². The molecule has 2 aromatic carbocycles. The Labute approximate surface area is 141 Å². The predicted octanol–water partition coefficient (Wildman–Crippen LogP) is 3.52. The Hall–Kier alpha value is -2.69. The molecule has 2 aromatic rings.